The predicted molar refractivity (Wildman–Crippen MR) is 75.9 cm³/mol. The molecule has 0 saturated carbocycles. The topological polar surface area (TPSA) is 24.5 Å². The Labute approximate surface area is 112 Å². The summed E-state index contributed by atoms with van der Waals surface area (Å²) in [6, 6.07) is 0.644. The van der Waals surface area contributed by atoms with E-state index >= 15 is 0 Å². The van der Waals surface area contributed by atoms with E-state index in [0.29, 0.717) is 6.04 Å². The van der Waals surface area contributed by atoms with Crippen LogP contribution in [0.15, 0.2) is 0 Å². The molecule has 3 heteroatoms. The number of rotatable bonds is 6. The van der Waals surface area contributed by atoms with Crippen molar-refractivity contribution in [2.45, 2.75) is 51.5 Å². The molecule has 1 N–H and O–H groups in total. The zero-order valence-electron chi connectivity index (χ0n) is 12.0. The normalized spacial score (nSPS) is 28.2. The first-order chi connectivity index (χ1) is 8.90. The first-order valence-corrected chi connectivity index (χ1v) is 7.93. The number of nitrogens with zero attached hydrogens (tertiary/aromatic N) is 1. The lowest BCUT2D eigenvalue weighted by atomic mass is 9.98. The van der Waals surface area contributed by atoms with Crippen LogP contribution in [0.2, 0.25) is 0 Å². The third kappa shape index (κ3) is 4.52. The van der Waals surface area contributed by atoms with Crippen LogP contribution in [0.1, 0.15) is 45.4 Å². The molecule has 0 aromatic rings. The fourth-order valence-electron chi connectivity index (χ4n) is 3.18. The monoisotopic (exact) mass is 254 g/mol. The highest BCUT2D eigenvalue weighted by Crippen LogP contribution is 2.19. The maximum absolute atomic E-state index is 5.57. The smallest absolute Gasteiger partial charge is 0.0510 e. The minimum absolute atomic E-state index is 0.644. The van der Waals surface area contributed by atoms with Gasteiger partial charge in [-0.15, -0.1) is 0 Å². The second-order valence-electron chi connectivity index (χ2n) is 5.90. The van der Waals surface area contributed by atoms with Crippen LogP contribution in [0.3, 0.4) is 0 Å². The molecule has 0 aromatic carbocycles. The zero-order chi connectivity index (χ0) is 12.6. The van der Waals surface area contributed by atoms with Crippen molar-refractivity contribution in [1.29, 1.82) is 0 Å². The van der Waals surface area contributed by atoms with Crippen LogP contribution in [-0.4, -0.2) is 50.3 Å². The minimum atomic E-state index is 0.644. The lowest BCUT2D eigenvalue weighted by Gasteiger charge is -2.30. The Morgan fingerprint density at radius 3 is 2.61 bits per heavy atom. The van der Waals surface area contributed by atoms with Crippen LogP contribution >= 0.6 is 0 Å². The molecule has 2 atom stereocenters. The van der Waals surface area contributed by atoms with Crippen molar-refractivity contribution >= 4 is 0 Å². The average Bonchev–Trinajstić information content (AvgIpc) is 2.80. The van der Waals surface area contributed by atoms with Gasteiger partial charge in [-0.2, -0.15) is 0 Å². The molecule has 0 amide bonds. The summed E-state index contributed by atoms with van der Waals surface area (Å²) in [6.45, 7) is 9.17. The third-order valence-electron chi connectivity index (χ3n) is 4.34. The average molecular weight is 254 g/mol. The largest absolute Gasteiger partial charge is 0.381 e. The van der Waals surface area contributed by atoms with Gasteiger partial charge in [0.1, 0.15) is 0 Å². The molecular weight excluding hydrogens is 224 g/mol. The first kappa shape index (κ1) is 14.3. The van der Waals surface area contributed by atoms with Gasteiger partial charge in [0, 0.05) is 25.1 Å². The first-order valence-electron chi connectivity index (χ1n) is 7.93. The van der Waals surface area contributed by atoms with E-state index in [0.717, 1.165) is 25.7 Å². The fourth-order valence-corrected chi connectivity index (χ4v) is 3.18. The summed E-state index contributed by atoms with van der Waals surface area (Å²) in [5, 5.41) is 3.76. The van der Waals surface area contributed by atoms with E-state index in [4.69, 9.17) is 4.74 Å². The van der Waals surface area contributed by atoms with E-state index < -0.39 is 0 Å². The van der Waals surface area contributed by atoms with Gasteiger partial charge >= 0.3 is 0 Å². The van der Waals surface area contributed by atoms with Gasteiger partial charge in [-0.1, -0.05) is 19.8 Å². The van der Waals surface area contributed by atoms with E-state index in [1.54, 1.807) is 0 Å². The predicted octanol–water partition coefficient (Wildman–Crippen LogP) is 2.27. The van der Waals surface area contributed by atoms with Crippen LogP contribution in [0.4, 0.5) is 0 Å². The highest BCUT2D eigenvalue weighted by molar-refractivity contribution is 4.83. The van der Waals surface area contributed by atoms with Gasteiger partial charge in [0.25, 0.3) is 0 Å². The molecule has 0 aliphatic carbocycles. The second kappa shape index (κ2) is 8.13. The molecule has 2 rings (SSSR count). The molecule has 2 aliphatic heterocycles. The molecule has 3 nitrogen and oxygen atoms in total. The fraction of sp³-hybridized carbons (Fsp3) is 1.00. The summed E-state index contributed by atoms with van der Waals surface area (Å²) in [4.78, 5) is 2.68. The Hall–Kier alpha value is -0.120. The number of ether oxygens (including phenoxy) is 1. The molecular formula is C15H30N2O. The van der Waals surface area contributed by atoms with Crippen molar-refractivity contribution in [2.24, 2.45) is 5.92 Å². The Bertz CT molecular complexity index is 209. The number of hydrogen-bond donors (Lipinski definition) is 1. The van der Waals surface area contributed by atoms with Gasteiger partial charge in [0.2, 0.25) is 0 Å². The molecule has 0 radical (unpaired) electrons. The zero-order valence-corrected chi connectivity index (χ0v) is 12.0. The molecule has 0 aromatic heterocycles. The summed E-state index contributed by atoms with van der Waals surface area (Å²) in [6.07, 6.45) is 8.11. The number of likely N-dealkylation sites (tertiary alicyclic amines) is 1. The van der Waals surface area contributed by atoms with E-state index in [1.165, 1.54) is 58.2 Å². The van der Waals surface area contributed by atoms with Crippen LogP contribution in [0.25, 0.3) is 0 Å². The maximum Gasteiger partial charge on any atom is 0.0510 e. The van der Waals surface area contributed by atoms with Gasteiger partial charge in [-0.3, -0.25) is 0 Å². The lowest BCUT2D eigenvalue weighted by Crippen LogP contribution is -2.46. The van der Waals surface area contributed by atoms with Crippen molar-refractivity contribution in [2.75, 3.05) is 39.4 Å². The van der Waals surface area contributed by atoms with E-state index in [2.05, 4.69) is 17.1 Å². The summed E-state index contributed by atoms with van der Waals surface area (Å²) in [5.74, 6) is 0.736. The molecule has 0 spiro atoms. The van der Waals surface area contributed by atoms with E-state index in [-0.39, 0.29) is 0 Å². The molecule has 106 valence electrons. The van der Waals surface area contributed by atoms with Crippen molar-refractivity contribution in [3.05, 3.63) is 0 Å². The van der Waals surface area contributed by atoms with Crippen LogP contribution in [0.5, 0.6) is 0 Å². The van der Waals surface area contributed by atoms with E-state index in [1.807, 2.05) is 0 Å². The lowest BCUT2D eigenvalue weighted by molar-refractivity contribution is 0.161. The van der Waals surface area contributed by atoms with Crippen LogP contribution in [0, 0.1) is 5.92 Å². The maximum atomic E-state index is 5.57. The summed E-state index contributed by atoms with van der Waals surface area (Å²) >= 11 is 0. The second-order valence-corrected chi connectivity index (χ2v) is 5.90. The van der Waals surface area contributed by atoms with Crippen molar-refractivity contribution in [3.63, 3.8) is 0 Å². The van der Waals surface area contributed by atoms with Crippen LogP contribution in [-0.2, 0) is 4.74 Å². The molecule has 2 saturated heterocycles. The van der Waals surface area contributed by atoms with Gasteiger partial charge < -0.3 is 15.0 Å². The van der Waals surface area contributed by atoms with Crippen molar-refractivity contribution < 1.29 is 4.74 Å². The highest BCUT2D eigenvalue weighted by Gasteiger charge is 2.27. The molecule has 2 heterocycles. The summed E-state index contributed by atoms with van der Waals surface area (Å²) in [5.41, 5.74) is 0. The Morgan fingerprint density at radius 2 is 2.00 bits per heavy atom. The molecule has 2 aliphatic rings. The van der Waals surface area contributed by atoms with E-state index in [9.17, 15) is 0 Å². The molecule has 2 unspecified atom stereocenters. The number of nitrogens with one attached hydrogen (secondary N) is 1. The standard InChI is InChI=1S/C15H30N2O/c1-2-8-16-15(14-7-11-18-13-14)12-17-9-5-3-4-6-10-17/h14-16H,2-13H2,1H3. The Kier molecular flexibility index (Phi) is 6.46. The third-order valence-corrected chi connectivity index (χ3v) is 4.34. The van der Waals surface area contributed by atoms with Gasteiger partial charge in [-0.25, -0.2) is 0 Å². The minimum Gasteiger partial charge on any atom is -0.381 e. The van der Waals surface area contributed by atoms with Gasteiger partial charge in [0.05, 0.1) is 6.61 Å². The summed E-state index contributed by atoms with van der Waals surface area (Å²) in [7, 11) is 0. The SMILES string of the molecule is CCCNC(CN1CCCCCC1)C1CCOC1. The molecule has 2 fully saturated rings. The highest BCUT2D eigenvalue weighted by atomic mass is 16.5. The van der Waals surface area contributed by atoms with Crippen LogP contribution < -0.4 is 5.32 Å². The molecule has 0 bridgehead atoms. The molecule has 18 heavy (non-hydrogen) atoms. The Morgan fingerprint density at radius 1 is 1.22 bits per heavy atom. The summed E-state index contributed by atoms with van der Waals surface area (Å²) < 4.78 is 5.57. The number of hydrogen-bond acceptors (Lipinski definition) is 3. The van der Waals surface area contributed by atoms with Crippen molar-refractivity contribution in [1.82, 2.24) is 10.2 Å². The quantitative estimate of drug-likeness (QED) is 0.787. The van der Waals surface area contributed by atoms with Crippen molar-refractivity contribution in [3.8, 4) is 0 Å². The Balaban J connectivity index is 1.82. The van der Waals surface area contributed by atoms with Gasteiger partial charge in [-0.05, 0) is 45.3 Å². The van der Waals surface area contributed by atoms with Gasteiger partial charge in [0.15, 0.2) is 0 Å².